The Morgan fingerprint density at radius 1 is 1.36 bits per heavy atom. The summed E-state index contributed by atoms with van der Waals surface area (Å²) in [6.45, 7) is 2.02. The molecule has 2 nitrogen and oxygen atoms in total. The molecule has 0 saturated heterocycles. The number of nitrogens with two attached hydrogens (primary N) is 1. The Morgan fingerprint density at radius 2 is 2.14 bits per heavy atom. The van der Waals surface area contributed by atoms with Crippen LogP contribution in [0.2, 0.25) is 0 Å². The number of nitrogen functional groups attached to an aromatic ring is 1. The van der Waals surface area contributed by atoms with Crippen LogP contribution < -0.4 is 5.73 Å². The van der Waals surface area contributed by atoms with Crippen molar-refractivity contribution in [3.05, 3.63) is 45.9 Å². The standard InChI is InChI=1S/C11H12N2S/c1-8-13-7-10(14-8)6-9-4-2-3-5-11(9)12/h2-5,7H,6,12H2,1H3. The van der Waals surface area contributed by atoms with E-state index in [4.69, 9.17) is 5.73 Å². The van der Waals surface area contributed by atoms with Gasteiger partial charge in [0.25, 0.3) is 0 Å². The molecule has 0 saturated carbocycles. The maximum absolute atomic E-state index is 5.86. The Kier molecular flexibility index (Phi) is 2.50. The van der Waals surface area contributed by atoms with E-state index in [2.05, 4.69) is 11.1 Å². The van der Waals surface area contributed by atoms with Crippen LogP contribution in [0, 0.1) is 6.92 Å². The minimum Gasteiger partial charge on any atom is -0.398 e. The number of aryl methyl sites for hydroxylation is 1. The van der Waals surface area contributed by atoms with Crippen LogP contribution >= 0.6 is 11.3 Å². The first-order valence-electron chi connectivity index (χ1n) is 4.50. The number of anilines is 1. The molecule has 1 heterocycles. The number of thiazole rings is 1. The highest BCUT2D eigenvalue weighted by Gasteiger charge is 2.02. The Hall–Kier alpha value is -1.35. The van der Waals surface area contributed by atoms with Crippen LogP contribution in [-0.4, -0.2) is 4.98 Å². The molecule has 0 aliphatic heterocycles. The third-order valence-electron chi connectivity index (χ3n) is 2.09. The van der Waals surface area contributed by atoms with E-state index in [1.165, 1.54) is 10.4 Å². The van der Waals surface area contributed by atoms with E-state index in [1.807, 2.05) is 31.3 Å². The molecular weight excluding hydrogens is 192 g/mol. The summed E-state index contributed by atoms with van der Waals surface area (Å²) in [7, 11) is 0. The molecule has 0 unspecified atom stereocenters. The lowest BCUT2D eigenvalue weighted by Gasteiger charge is -2.01. The van der Waals surface area contributed by atoms with E-state index in [9.17, 15) is 0 Å². The molecule has 0 aliphatic carbocycles. The molecule has 3 heteroatoms. The van der Waals surface area contributed by atoms with Gasteiger partial charge in [-0.25, -0.2) is 4.98 Å². The molecule has 0 spiro atoms. The molecule has 0 amide bonds. The summed E-state index contributed by atoms with van der Waals surface area (Å²) in [6, 6.07) is 7.96. The van der Waals surface area contributed by atoms with Crippen LogP contribution in [0.25, 0.3) is 0 Å². The lowest BCUT2D eigenvalue weighted by Crippen LogP contribution is -1.93. The molecule has 0 bridgehead atoms. The predicted molar refractivity (Wildman–Crippen MR) is 60.5 cm³/mol. The molecular formula is C11H12N2S. The first-order chi connectivity index (χ1) is 6.75. The fourth-order valence-electron chi connectivity index (χ4n) is 1.37. The van der Waals surface area contributed by atoms with Crippen molar-refractivity contribution >= 4 is 17.0 Å². The topological polar surface area (TPSA) is 38.9 Å². The highest BCUT2D eigenvalue weighted by atomic mass is 32.1. The first-order valence-corrected chi connectivity index (χ1v) is 5.32. The van der Waals surface area contributed by atoms with Crippen LogP contribution in [0.5, 0.6) is 0 Å². The SMILES string of the molecule is Cc1ncc(Cc2ccccc2N)s1. The molecule has 2 aromatic rings. The summed E-state index contributed by atoms with van der Waals surface area (Å²) in [5.41, 5.74) is 7.90. The largest absolute Gasteiger partial charge is 0.398 e. The predicted octanol–water partition coefficient (Wildman–Crippen LogP) is 2.62. The Morgan fingerprint density at radius 3 is 2.79 bits per heavy atom. The number of aromatic nitrogens is 1. The molecule has 2 N–H and O–H groups in total. The van der Waals surface area contributed by atoms with E-state index < -0.39 is 0 Å². The van der Waals surface area contributed by atoms with Gasteiger partial charge in [-0.15, -0.1) is 11.3 Å². The minimum absolute atomic E-state index is 0.860. The second-order valence-corrected chi connectivity index (χ2v) is 4.54. The number of rotatable bonds is 2. The van der Waals surface area contributed by atoms with Crippen LogP contribution in [0.1, 0.15) is 15.4 Å². The number of nitrogens with zero attached hydrogens (tertiary/aromatic N) is 1. The number of hydrogen-bond acceptors (Lipinski definition) is 3. The van der Waals surface area contributed by atoms with Gasteiger partial charge < -0.3 is 5.73 Å². The zero-order valence-corrected chi connectivity index (χ0v) is 8.84. The Bertz CT molecular complexity index is 434. The number of hydrogen-bond donors (Lipinski definition) is 1. The van der Waals surface area contributed by atoms with E-state index in [0.29, 0.717) is 0 Å². The van der Waals surface area contributed by atoms with Crippen molar-refractivity contribution in [1.82, 2.24) is 4.98 Å². The van der Waals surface area contributed by atoms with Gasteiger partial charge in [-0.3, -0.25) is 0 Å². The average Bonchev–Trinajstić information content (AvgIpc) is 2.56. The van der Waals surface area contributed by atoms with Crippen molar-refractivity contribution < 1.29 is 0 Å². The van der Waals surface area contributed by atoms with Crippen molar-refractivity contribution in [3.63, 3.8) is 0 Å². The molecule has 0 atom stereocenters. The Balaban J connectivity index is 2.23. The van der Waals surface area contributed by atoms with Crippen LogP contribution in [0.4, 0.5) is 5.69 Å². The maximum Gasteiger partial charge on any atom is 0.0896 e. The second kappa shape index (κ2) is 3.80. The highest BCUT2D eigenvalue weighted by Crippen LogP contribution is 2.19. The summed E-state index contributed by atoms with van der Waals surface area (Å²) in [4.78, 5) is 5.48. The summed E-state index contributed by atoms with van der Waals surface area (Å²) >= 11 is 1.72. The van der Waals surface area contributed by atoms with Crippen molar-refractivity contribution in [2.24, 2.45) is 0 Å². The third-order valence-corrected chi connectivity index (χ3v) is 3.00. The summed E-state index contributed by atoms with van der Waals surface area (Å²) < 4.78 is 0. The minimum atomic E-state index is 0.860. The van der Waals surface area contributed by atoms with Crippen molar-refractivity contribution in [1.29, 1.82) is 0 Å². The average molecular weight is 204 g/mol. The quantitative estimate of drug-likeness (QED) is 0.764. The van der Waals surface area contributed by atoms with Gasteiger partial charge in [0.15, 0.2) is 0 Å². The van der Waals surface area contributed by atoms with Gasteiger partial charge in [-0.05, 0) is 18.6 Å². The third kappa shape index (κ3) is 1.93. The van der Waals surface area contributed by atoms with Crippen LogP contribution in [0.15, 0.2) is 30.5 Å². The Labute approximate surface area is 87.4 Å². The normalized spacial score (nSPS) is 10.4. The molecule has 14 heavy (non-hydrogen) atoms. The van der Waals surface area contributed by atoms with Crippen LogP contribution in [0.3, 0.4) is 0 Å². The van der Waals surface area contributed by atoms with Gasteiger partial charge in [-0.1, -0.05) is 18.2 Å². The van der Waals surface area contributed by atoms with Gasteiger partial charge in [0, 0.05) is 23.2 Å². The van der Waals surface area contributed by atoms with Crippen molar-refractivity contribution in [2.75, 3.05) is 5.73 Å². The highest BCUT2D eigenvalue weighted by molar-refractivity contribution is 7.11. The van der Waals surface area contributed by atoms with Gasteiger partial charge >= 0.3 is 0 Å². The lowest BCUT2D eigenvalue weighted by molar-refractivity contribution is 1.21. The first kappa shape index (κ1) is 9.21. The van der Waals surface area contributed by atoms with E-state index in [-0.39, 0.29) is 0 Å². The van der Waals surface area contributed by atoms with Gasteiger partial charge in [-0.2, -0.15) is 0 Å². The van der Waals surface area contributed by atoms with Crippen molar-refractivity contribution in [2.45, 2.75) is 13.3 Å². The maximum atomic E-state index is 5.86. The zero-order chi connectivity index (χ0) is 9.97. The second-order valence-electron chi connectivity index (χ2n) is 3.22. The summed E-state index contributed by atoms with van der Waals surface area (Å²) in [5, 5.41) is 1.11. The molecule has 1 aromatic carbocycles. The lowest BCUT2D eigenvalue weighted by atomic mass is 10.1. The summed E-state index contributed by atoms with van der Waals surface area (Å²) in [6.07, 6.45) is 2.81. The van der Waals surface area contributed by atoms with Gasteiger partial charge in [0.05, 0.1) is 5.01 Å². The van der Waals surface area contributed by atoms with Gasteiger partial charge in [0.2, 0.25) is 0 Å². The van der Waals surface area contributed by atoms with E-state index in [1.54, 1.807) is 11.3 Å². The molecule has 0 aliphatic rings. The zero-order valence-electron chi connectivity index (χ0n) is 8.03. The van der Waals surface area contributed by atoms with Crippen LogP contribution in [-0.2, 0) is 6.42 Å². The molecule has 72 valence electrons. The monoisotopic (exact) mass is 204 g/mol. The number of para-hydroxylation sites is 1. The van der Waals surface area contributed by atoms with E-state index >= 15 is 0 Å². The molecule has 1 aromatic heterocycles. The smallest absolute Gasteiger partial charge is 0.0896 e. The number of benzene rings is 1. The summed E-state index contributed by atoms with van der Waals surface area (Å²) in [5.74, 6) is 0. The fourth-order valence-corrected chi connectivity index (χ4v) is 2.19. The molecule has 0 fully saturated rings. The van der Waals surface area contributed by atoms with E-state index in [0.717, 1.165) is 17.1 Å². The fraction of sp³-hybridized carbons (Fsp3) is 0.182. The van der Waals surface area contributed by atoms with Crippen molar-refractivity contribution in [3.8, 4) is 0 Å². The van der Waals surface area contributed by atoms with Gasteiger partial charge in [0.1, 0.15) is 0 Å². The molecule has 0 radical (unpaired) electrons. The molecule has 2 rings (SSSR count).